The van der Waals surface area contributed by atoms with Crippen LogP contribution >= 0.6 is 0 Å². The number of aromatic nitrogens is 2. The summed E-state index contributed by atoms with van der Waals surface area (Å²) in [7, 11) is 1.50. The molecule has 1 aromatic carbocycles. The van der Waals surface area contributed by atoms with Gasteiger partial charge in [-0.15, -0.1) is 0 Å². The number of nitrogens with zero attached hydrogens (tertiary/aromatic N) is 2. The largest absolute Gasteiger partial charge is 0.322 e. The first kappa shape index (κ1) is 17.6. The van der Waals surface area contributed by atoms with Gasteiger partial charge in [-0.1, -0.05) is 50.8 Å². The van der Waals surface area contributed by atoms with Crippen molar-refractivity contribution in [1.82, 2.24) is 9.78 Å². The molecule has 1 amide bonds. The Labute approximate surface area is 148 Å². The minimum Gasteiger partial charge on any atom is -0.322 e. The van der Waals surface area contributed by atoms with E-state index in [4.69, 9.17) is 0 Å². The van der Waals surface area contributed by atoms with E-state index in [1.807, 2.05) is 18.2 Å². The zero-order valence-electron chi connectivity index (χ0n) is 15.2. The molecule has 0 radical (unpaired) electrons. The molecule has 1 aliphatic rings. The highest BCUT2D eigenvalue weighted by Crippen LogP contribution is 2.36. The van der Waals surface area contributed by atoms with Crippen molar-refractivity contribution in [3.8, 4) is 0 Å². The van der Waals surface area contributed by atoms with Gasteiger partial charge in [0.1, 0.15) is 5.56 Å². The molecular weight excluding hydrogens is 317 g/mol. The minimum absolute atomic E-state index is 0.0146. The number of nitrogens with one attached hydrogen (secondary N) is 1. The number of carbonyl (C=O) groups is 1. The van der Waals surface area contributed by atoms with Gasteiger partial charge in [0.05, 0.1) is 5.69 Å². The molecule has 1 saturated carbocycles. The number of hydrogen-bond donors (Lipinski definition) is 1. The van der Waals surface area contributed by atoms with Crippen LogP contribution in [0.4, 0.5) is 10.1 Å². The summed E-state index contributed by atoms with van der Waals surface area (Å²) in [5.41, 5.74) is 2.29. The molecule has 1 unspecified atom stereocenters. The van der Waals surface area contributed by atoms with E-state index < -0.39 is 11.9 Å². The zero-order valence-corrected chi connectivity index (χ0v) is 15.2. The van der Waals surface area contributed by atoms with E-state index in [0.29, 0.717) is 11.6 Å². The first-order valence-corrected chi connectivity index (χ1v) is 9.06. The molecule has 1 aromatic heterocycles. The quantitative estimate of drug-likeness (QED) is 0.847. The highest BCUT2D eigenvalue weighted by Gasteiger charge is 2.23. The molecule has 0 bridgehead atoms. The lowest BCUT2D eigenvalue weighted by Crippen LogP contribution is -2.16. The molecule has 0 saturated heterocycles. The maximum Gasteiger partial charge on any atom is 0.262 e. The van der Waals surface area contributed by atoms with Crippen LogP contribution in [0.25, 0.3) is 0 Å². The molecule has 5 heteroatoms. The molecule has 2 aromatic rings. The monoisotopic (exact) mass is 343 g/mol. The molecular formula is C20H26FN3O. The third kappa shape index (κ3) is 3.75. The molecule has 1 N–H and O–H groups in total. The Kier molecular flexibility index (Phi) is 5.21. The SMILES string of the molecule is Cc1nn(C)c(F)c1C(=O)Nc1ccccc1C(C)CC1CCCC1. The minimum atomic E-state index is -0.605. The number of para-hydroxylation sites is 1. The van der Waals surface area contributed by atoms with Gasteiger partial charge >= 0.3 is 0 Å². The van der Waals surface area contributed by atoms with E-state index in [1.165, 1.54) is 32.7 Å². The van der Waals surface area contributed by atoms with E-state index in [0.717, 1.165) is 28.3 Å². The van der Waals surface area contributed by atoms with Gasteiger partial charge in [0.15, 0.2) is 0 Å². The normalized spacial score (nSPS) is 16.2. The van der Waals surface area contributed by atoms with Crippen molar-refractivity contribution >= 4 is 11.6 Å². The molecule has 0 spiro atoms. The van der Waals surface area contributed by atoms with Crippen LogP contribution in [0.2, 0.25) is 0 Å². The average Bonchev–Trinajstić information content (AvgIpc) is 3.16. The second kappa shape index (κ2) is 7.38. The Morgan fingerprint density at radius 2 is 2.04 bits per heavy atom. The number of halogens is 1. The lowest BCUT2D eigenvalue weighted by molar-refractivity contribution is 0.102. The standard InChI is InChI=1S/C20H26FN3O/c1-13(12-15-8-4-5-9-15)16-10-6-7-11-17(16)22-20(25)18-14(2)23-24(3)19(18)21/h6-7,10-11,13,15H,4-5,8-9,12H2,1-3H3,(H,22,25). The Bertz CT molecular complexity index is 762. The predicted molar refractivity (Wildman–Crippen MR) is 97.3 cm³/mol. The summed E-state index contributed by atoms with van der Waals surface area (Å²) in [6.45, 7) is 3.85. The zero-order chi connectivity index (χ0) is 18.0. The fourth-order valence-corrected chi connectivity index (χ4v) is 3.99. The predicted octanol–water partition coefficient (Wildman–Crippen LogP) is 4.80. The molecule has 4 nitrogen and oxygen atoms in total. The highest BCUT2D eigenvalue weighted by atomic mass is 19.1. The smallest absolute Gasteiger partial charge is 0.262 e. The Hall–Kier alpha value is -2.17. The van der Waals surface area contributed by atoms with Gasteiger partial charge in [0, 0.05) is 12.7 Å². The molecule has 134 valence electrons. The lowest BCUT2D eigenvalue weighted by Gasteiger charge is -2.20. The van der Waals surface area contributed by atoms with Crippen molar-refractivity contribution < 1.29 is 9.18 Å². The van der Waals surface area contributed by atoms with Crippen LogP contribution in [0.15, 0.2) is 24.3 Å². The summed E-state index contributed by atoms with van der Waals surface area (Å²) in [6, 6.07) is 7.84. The second-order valence-electron chi connectivity index (χ2n) is 7.20. The fraction of sp³-hybridized carbons (Fsp3) is 0.500. The molecule has 25 heavy (non-hydrogen) atoms. The van der Waals surface area contributed by atoms with Crippen LogP contribution in [0.5, 0.6) is 0 Å². The lowest BCUT2D eigenvalue weighted by atomic mass is 9.88. The topological polar surface area (TPSA) is 46.9 Å². The fourth-order valence-electron chi connectivity index (χ4n) is 3.99. The third-order valence-corrected chi connectivity index (χ3v) is 5.28. The molecule has 3 rings (SSSR count). The number of amides is 1. The number of rotatable bonds is 5. The summed E-state index contributed by atoms with van der Waals surface area (Å²) in [6.07, 6.45) is 6.40. The van der Waals surface area contributed by atoms with Crippen LogP contribution in [0.1, 0.15) is 66.6 Å². The van der Waals surface area contributed by atoms with Crippen LogP contribution in [-0.4, -0.2) is 15.7 Å². The van der Waals surface area contributed by atoms with Gasteiger partial charge in [-0.05, 0) is 36.8 Å². The van der Waals surface area contributed by atoms with Gasteiger partial charge in [-0.25, -0.2) is 4.68 Å². The van der Waals surface area contributed by atoms with Gasteiger partial charge in [-0.3, -0.25) is 4.79 Å². The van der Waals surface area contributed by atoms with E-state index >= 15 is 0 Å². The first-order chi connectivity index (χ1) is 12.0. The molecule has 1 heterocycles. The van der Waals surface area contributed by atoms with Crippen molar-refractivity contribution in [2.75, 3.05) is 5.32 Å². The number of aryl methyl sites for hydroxylation is 2. The molecule has 1 atom stereocenters. The van der Waals surface area contributed by atoms with Crippen LogP contribution in [0, 0.1) is 18.8 Å². The number of anilines is 1. The molecule has 0 aliphatic heterocycles. The van der Waals surface area contributed by atoms with Crippen LogP contribution in [-0.2, 0) is 7.05 Å². The first-order valence-electron chi connectivity index (χ1n) is 9.06. The van der Waals surface area contributed by atoms with Crippen molar-refractivity contribution in [1.29, 1.82) is 0 Å². The number of hydrogen-bond acceptors (Lipinski definition) is 2. The van der Waals surface area contributed by atoms with Crippen LogP contribution in [0.3, 0.4) is 0 Å². The van der Waals surface area contributed by atoms with E-state index in [9.17, 15) is 9.18 Å². The number of carbonyl (C=O) groups excluding carboxylic acids is 1. The Morgan fingerprint density at radius 3 is 2.68 bits per heavy atom. The van der Waals surface area contributed by atoms with E-state index in [2.05, 4.69) is 23.4 Å². The van der Waals surface area contributed by atoms with Crippen LogP contribution < -0.4 is 5.32 Å². The second-order valence-corrected chi connectivity index (χ2v) is 7.20. The Morgan fingerprint density at radius 1 is 1.36 bits per heavy atom. The maximum absolute atomic E-state index is 14.1. The van der Waals surface area contributed by atoms with E-state index in [1.54, 1.807) is 6.92 Å². The van der Waals surface area contributed by atoms with Gasteiger partial charge in [0.2, 0.25) is 5.95 Å². The maximum atomic E-state index is 14.1. The molecule has 1 aliphatic carbocycles. The van der Waals surface area contributed by atoms with Gasteiger partial charge < -0.3 is 5.32 Å². The van der Waals surface area contributed by atoms with Crippen molar-refractivity contribution in [2.45, 2.75) is 51.9 Å². The van der Waals surface area contributed by atoms with Crippen molar-refractivity contribution in [3.05, 3.63) is 47.0 Å². The van der Waals surface area contributed by atoms with E-state index in [-0.39, 0.29) is 5.56 Å². The summed E-state index contributed by atoms with van der Waals surface area (Å²) < 4.78 is 15.2. The van der Waals surface area contributed by atoms with Gasteiger partial charge in [0.25, 0.3) is 5.91 Å². The summed E-state index contributed by atoms with van der Waals surface area (Å²) in [5.74, 6) is 0.0892. The van der Waals surface area contributed by atoms with Gasteiger partial charge in [-0.2, -0.15) is 9.49 Å². The van der Waals surface area contributed by atoms with Crippen molar-refractivity contribution in [2.24, 2.45) is 13.0 Å². The average molecular weight is 343 g/mol. The summed E-state index contributed by atoms with van der Waals surface area (Å²) in [5, 5.41) is 6.88. The summed E-state index contributed by atoms with van der Waals surface area (Å²) in [4.78, 5) is 12.6. The third-order valence-electron chi connectivity index (χ3n) is 5.28. The van der Waals surface area contributed by atoms with Crippen molar-refractivity contribution in [3.63, 3.8) is 0 Å². The Balaban J connectivity index is 1.79. The highest BCUT2D eigenvalue weighted by molar-refractivity contribution is 6.05. The molecule has 1 fully saturated rings. The summed E-state index contributed by atoms with van der Waals surface area (Å²) >= 11 is 0. The number of benzene rings is 1.